The first-order chi connectivity index (χ1) is 10.0. The molecule has 22 heavy (non-hydrogen) atoms. The van der Waals surface area contributed by atoms with Gasteiger partial charge >= 0.3 is 10.2 Å². The van der Waals surface area contributed by atoms with E-state index in [-0.39, 0.29) is 0 Å². The first-order valence-corrected chi connectivity index (χ1v) is 8.77. The van der Waals surface area contributed by atoms with E-state index in [2.05, 4.69) is 4.98 Å². The molecule has 0 radical (unpaired) electrons. The fraction of sp³-hybridized carbons (Fsp3) is 0.400. The van der Waals surface area contributed by atoms with Crippen LogP contribution in [0.3, 0.4) is 0 Å². The number of nitrogens with zero attached hydrogens (tertiary/aromatic N) is 4. The van der Waals surface area contributed by atoms with E-state index in [1.54, 1.807) is 31.7 Å². The highest BCUT2D eigenvalue weighted by molar-refractivity contribution is 7.88. The van der Waals surface area contributed by atoms with Gasteiger partial charge in [0.25, 0.3) is 5.82 Å². The number of hydrogen-bond donors (Lipinski definition) is 0. The van der Waals surface area contributed by atoms with Gasteiger partial charge < -0.3 is 4.55 Å². The molecule has 0 aliphatic carbocycles. The second-order valence-electron chi connectivity index (χ2n) is 4.20. The van der Waals surface area contributed by atoms with E-state index >= 15 is 0 Å². The molecule has 2 heterocycles. The molecule has 9 nitrogen and oxygen atoms in total. The van der Waals surface area contributed by atoms with Crippen LogP contribution < -0.4 is 4.57 Å². The Morgan fingerprint density at radius 3 is 2.09 bits per heavy atom. The summed E-state index contributed by atoms with van der Waals surface area (Å²) in [5, 5.41) is 0. The van der Waals surface area contributed by atoms with Crippen LogP contribution in [0.25, 0.3) is 0 Å². The number of hydrogen-bond acceptors (Lipinski definition) is 6. The Bertz CT molecular complexity index is 854. The Morgan fingerprint density at radius 1 is 1.23 bits per heavy atom. The van der Waals surface area contributed by atoms with Crippen molar-refractivity contribution in [2.75, 3.05) is 6.01 Å². The van der Waals surface area contributed by atoms with Crippen LogP contribution in [-0.4, -0.2) is 40.3 Å². The molecule has 0 saturated carbocycles. The topological polar surface area (TPSA) is 118 Å². The zero-order valence-corrected chi connectivity index (χ0v) is 13.7. The Balaban J connectivity index is 0.000000346. The molecule has 0 aliphatic rings. The van der Waals surface area contributed by atoms with Crippen LogP contribution in [0.2, 0.25) is 0 Å². The van der Waals surface area contributed by atoms with Gasteiger partial charge in [-0.25, -0.2) is 22.4 Å². The first kappa shape index (κ1) is 18.3. The highest BCUT2D eigenvalue weighted by Gasteiger charge is 2.26. The van der Waals surface area contributed by atoms with Crippen molar-refractivity contribution in [1.29, 1.82) is 0 Å². The third-order valence-electron chi connectivity index (χ3n) is 2.67. The average molecular weight is 354 g/mol. The summed E-state index contributed by atoms with van der Waals surface area (Å²) in [5.74, 6) is 1.07. The average Bonchev–Trinajstić information content (AvgIpc) is 2.98. The highest BCUT2D eigenvalue weighted by Crippen LogP contribution is 2.07. The molecule has 12 heteroatoms. The molecular weight excluding hydrogens is 339 g/mol. The van der Waals surface area contributed by atoms with Crippen molar-refractivity contribution in [3.05, 3.63) is 36.4 Å². The predicted molar refractivity (Wildman–Crippen MR) is 72.7 cm³/mol. The molecule has 0 atom stereocenters. The molecular formula is C10H15FN4O5S2. The van der Waals surface area contributed by atoms with Crippen molar-refractivity contribution in [3.63, 3.8) is 0 Å². The Hall–Kier alpha value is -1.79. The van der Waals surface area contributed by atoms with E-state index < -0.39 is 26.3 Å². The number of aryl methyl sites for hydroxylation is 2. The number of halogens is 1. The van der Waals surface area contributed by atoms with Gasteiger partial charge in [-0.3, -0.25) is 0 Å². The van der Waals surface area contributed by atoms with Gasteiger partial charge in [-0.2, -0.15) is 12.4 Å². The van der Waals surface area contributed by atoms with Gasteiger partial charge in [0.05, 0.1) is 7.05 Å². The lowest BCUT2D eigenvalue weighted by Gasteiger charge is -2.03. The van der Waals surface area contributed by atoms with Crippen molar-refractivity contribution in [1.82, 2.24) is 12.9 Å². The second kappa shape index (κ2) is 6.54. The van der Waals surface area contributed by atoms with Gasteiger partial charge in [-0.1, -0.05) is 0 Å². The molecule has 0 bridgehead atoms. The van der Waals surface area contributed by atoms with Gasteiger partial charge in [0, 0.05) is 19.3 Å². The number of rotatable bonds is 3. The molecule has 0 aliphatic heterocycles. The zero-order chi connectivity index (χ0) is 17.1. The van der Waals surface area contributed by atoms with Crippen molar-refractivity contribution in [3.8, 4) is 0 Å². The quantitative estimate of drug-likeness (QED) is 0.527. The van der Waals surface area contributed by atoms with E-state index in [0.717, 1.165) is 3.97 Å². The van der Waals surface area contributed by atoms with Crippen LogP contribution >= 0.6 is 0 Å². The minimum atomic E-state index is -4.58. The molecule has 2 rings (SSSR count). The molecule has 124 valence electrons. The molecule has 0 N–H and O–H groups in total. The van der Waals surface area contributed by atoms with Crippen molar-refractivity contribution in [2.24, 2.45) is 7.05 Å². The maximum atomic E-state index is 12.2. The maximum Gasteiger partial charge on any atom is 0.408 e. The molecule has 0 unspecified atom stereocenters. The lowest BCUT2D eigenvalue weighted by Crippen LogP contribution is -2.32. The largest absolute Gasteiger partial charge is 0.746 e. The van der Waals surface area contributed by atoms with Gasteiger partial charge in [-0.05, 0) is 6.92 Å². The summed E-state index contributed by atoms with van der Waals surface area (Å²) in [4.78, 5) is 3.91. The third kappa shape index (κ3) is 4.11. The summed E-state index contributed by atoms with van der Waals surface area (Å²) in [6.07, 6.45) is 6.11. The van der Waals surface area contributed by atoms with Crippen molar-refractivity contribution in [2.45, 2.75) is 13.8 Å². The molecule has 2 aromatic rings. The fourth-order valence-electron chi connectivity index (χ4n) is 1.48. The van der Waals surface area contributed by atoms with Crippen molar-refractivity contribution < 1.29 is 30.3 Å². The predicted octanol–water partition coefficient (Wildman–Crippen LogP) is -0.774. The van der Waals surface area contributed by atoms with Crippen LogP contribution in [0.5, 0.6) is 0 Å². The van der Waals surface area contributed by atoms with E-state index in [1.807, 2.05) is 0 Å². The van der Waals surface area contributed by atoms with Gasteiger partial charge in [0.15, 0.2) is 6.01 Å². The van der Waals surface area contributed by atoms with Crippen LogP contribution in [0.4, 0.5) is 4.39 Å². The zero-order valence-electron chi connectivity index (χ0n) is 12.0. The summed E-state index contributed by atoms with van der Waals surface area (Å²) < 4.78 is 66.4. The van der Waals surface area contributed by atoms with E-state index in [9.17, 15) is 12.8 Å². The summed E-state index contributed by atoms with van der Waals surface area (Å²) >= 11 is 0. The summed E-state index contributed by atoms with van der Waals surface area (Å²) in [7, 11) is -6.37. The lowest BCUT2D eigenvalue weighted by atomic mass is 10.7. The third-order valence-corrected chi connectivity index (χ3v) is 4.70. The van der Waals surface area contributed by atoms with E-state index in [0.29, 0.717) is 11.6 Å². The number of alkyl halides is 1. The van der Waals surface area contributed by atoms with Gasteiger partial charge in [0.2, 0.25) is 0 Å². The summed E-state index contributed by atoms with van der Waals surface area (Å²) in [6.45, 7) is 3.39. The SMILES string of the molecule is Cc1nccn1S(=O)(=O)n1cc[n+](C)c1C.O=S(=O)([O-])CF. The Labute approximate surface area is 127 Å². The van der Waals surface area contributed by atoms with Crippen LogP contribution in [0.15, 0.2) is 24.8 Å². The molecule has 0 amide bonds. The standard InChI is InChI=1S/C9H13N4O2S.CH3FO3S/c1-8-10-4-5-12(8)16(14,15)13-7-6-11(3)9(13)2;2-1-6(3,4)5/h4-7H,1-3H3;1H2,(H,3,4,5)/q+1;/p-1. The first-order valence-electron chi connectivity index (χ1n) is 5.80. The molecule has 0 fully saturated rings. The second-order valence-corrected chi connectivity index (χ2v) is 7.21. The lowest BCUT2D eigenvalue weighted by molar-refractivity contribution is -0.676. The molecule has 0 spiro atoms. The Kier molecular flexibility index (Phi) is 5.43. The normalized spacial score (nSPS) is 11.9. The Morgan fingerprint density at radius 2 is 1.77 bits per heavy atom. The summed E-state index contributed by atoms with van der Waals surface area (Å²) in [6, 6.07) is -1.81. The van der Waals surface area contributed by atoms with Gasteiger partial charge in [-0.15, -0.1) is 3.97 Å². The van der Waals surface area contributed by atoms with Crippen LogP contribution in [-0.2, 0) is 27.4 Å². The number of aromatic nitrogens is 4. The molecule has 0 aromatic carbocycles. The van der Waals surface area contributed by atoms with Crippen LogP contribution in [0, 0.1) is 13.8 Å². The van der Waals surface area contributed by atoms with Gasteiger partial charge in [0.1, 0.15) is 28.3 Å². The minimum absolute atomic E-state index is 0.441. The monoisotopic (exact) mass is 354 g/mol. The van der Waals surface area contributed by atoms with Crippen LogP contribution in [0.1, 0.15) is 11.6 Å². The maximum absolute atomic E-state index is 12.2. The number of imidazole rings is 2. The van der Waals surface area contributed by atoms with Crippen molar-refractivity contribution >= 4 is 20.3 Å². The smallest absolute Gasteiger partial charge is 0.408 e. The minimum Gasteiger partial charge on any atom is -0.746 e. The summed E-state index contributed by atoms with van der Waals surface area (Å²) in [5.41, 5.74) is 0. The van der Waals surface area contributed by atoms with E-state index in [1.165, 1.54) is 22.6 Å². The molecule has 0 saturated heterocycles. The highest BCUT2D eigenvalue weighted by atomic mass is 32.2. The fourth-order valence-corrected chi connectivity index (χ4v) is 2.93. The van der Waals surface area contributed by atoms with E-state index in [4.69, 9.17) is 13.0 Å². The molecule has 2 aromatic heterocycles.